The van der Waals surface area contributed by atoms with E-state index in [4.69, 9.17) is 4.98 Å². The van der Waals surface area contributed by atoms with Crippen molar-refractivity contribution in [1.29, 1.82) is 0 Å². The molecule has 0 amide bonds. The third-order valence-corrected chi connectivity index (χ3v) is 8.95. The number of pyridine rings is 2. The van der Waals surface area contributed by atoms with Gasteiger partial charge in [-0.1, -0.05) is 31.4 Å². The molecule has 4 aromatic rings. The SMILES string of the molecule is CN(C)c1ccnc(-c2nc3cccnc3n2-c2ccc(C[C@H](NC3=C(Br)C(=O)C34CCCCC4)C(=O)O)cc2)c1. The molecule has 1 fully saturated rings. The molecule has 1 spiro atoms. The molecule has 10 heteroatoms. The van der Waals surface area contributed by atoms with Crippen LogP contribution in [0.1, 0.15) is 37.7 Å². The van der Waals surface area contributed by atoms with E-state index >= 15 is 0 Å². The maximum Gasteiger partial charge on any atom is 0.326 e. The summed E-state index contributed by atoms with van der Waals surface area (Å²) in [5.74, 6) is -0.189. The molecule has 0 radical (unpaired) electrons. The van der Waals surface area contributed by atoms with E-state index in [9.17, 15) is 14.7 Å². The number of carbonyl (C=O) groups excluding carboxylic acids is 1. The molecule has 6 rings (SSSR count). The van der Waals surface area contributed by atoms with Crippen molar-refractivity contribution in [2.24, 2.45) is 5.41 Å². The molecule has 1 atom stereocenters. The van der Waals surface area contributed by atoms with Crippen molar-refractivity contribution in [3.63, 3.8) is 0 Å². The summed E-state index contributed by atoms with van der Waals surface area (Å²) in [7, 11) is 3.96. The number of hydrogen-bond acceptors (Lipinski definition) is 7. The molecule has 2 N–H and O–H groups in total. The van der Waals surface area contributed by atoms with Crippen LogP contribution in [0.15, 0.2) is 71.1 Å². The standard InChI is InChI=1S/C31H31BrN6O3/c1-37(2)21-12-16-33-23(18-21)29-36-22-7-6-15-34-28(22)38(29)20-10-8-19(9-11-20)17-24(30(40)41)35-26-25(32)27(39)31(26)13-4-3-5-14-31/h6-12,15-16,18,24,35H,3-5,13-14,17H2,1-2H3,(H,40,41)/t24-/m0/s1. The van der Waals surface area contributed by atoms with Gasteiger partial charge in [0.25, 0.3) is 0 Å². The van der Waals surface area contributed by atoms with Gasteiger partial charge in [-0.15, -0.1) is 0 Å². The number of aromatic nitrogens is 4. The molecular weight excluding hydrogens is 584 g/mol. The molecular formula is C31H31BrN6O3. The second-order valence-electron chi connectivity index (χ2n) is 11.0. The number of hydrogen-bond donors (Lipinski definition) is 2. The number of nitrogens with zero attached hydrogens (tertiary/aromatic N) is 5. The zero-order valence-corrected chi connectivity index (χ0v) is 24.6. The molecule has 0 saturated heterocycles. The Hall–Kier alpha value is -4.05. The van der Waals surface area contributed by atoms with Crippen molar-refractivity contribution >= 4 is 44.5 Å². The van der Waals surface area contributed by atoms with Crippen LogP contribution in [0, 0.1) is 5.41 Å². The van der Waals surface area contributed by atoms with Crippen LogP contribution in [-0.2, 0) is 16.0 Å². The minimum absolute atomic E-state index is 0.0933. The van der Waals surface area contributed by atoms with E-state index in [-0.39, 0.29) is 12.2 Å². The third-order valence-electron chi connectivity index (χ3n) is 8.20. The third kappa shape index (κ3) is 4.80. The lowest BCUT2D eigenvalue weighted by atomic mass is 9.62. The summed E-state index contributed by atoms with van der Waals surface area (Å²) >= 11 is 3.41. The maximum absolute atomic E-state index is 12.8. The molecule has 0 aliphatic heterocycles. The van der Waals surface area contributed by atoms with Gasteiger partial charge in [0, 0.05) is 50.0 Å². The quantitative estimate of drug-likeness (QED) is 0.276. The summed E-state index contributed by atoms with van der Waals surface area (Å²) < 4.78 is 2.46. The summed E-state index contributed by atoms with van der Waals surface area (Å²) in [6, 6.07) is 14.6. The molecule has 210 valence electrons. The number of anilines is 1. The Bertz CT molecular complexity index is 1670. The summed E-state index contributed by atoms with van der Waals surface area (Å²) in [6.45, 7) is 0. The lowest BCUT2D eigenvalue weighted by Crippen LogP contribution is -2.53. The maximum atomic E-state index is 12.8. The van der Waals surface area contributed by atoms with Gasteiger partial charge in [-0.05, 0) is 70.7 Å². The number of rotatable bonds is 8. The lowest BCUT2D eigenvalue weighted by molar-refractivity contribution is -0.140. The van der Waals surface area contributed by atoms with E-state index in [1.807, 2.05) is 72.1 Å². The van der Waals surface area contributed by atoms with Gasteiger partial charge in [0.2, 0.25) is 0 Å². The number of carboxylic acids is 1. The molecule has 3 aromatic heterocycles. The van der Waals surface area contributed by atoms with Crippen molar-refractivity contribution in [2.45, 2.75) is 44.6 Å². The van der Waals surface area contributed by atoms with Gasteiger partial charge in [-0.2, -0.15) is 0 Å². The Morgan fingerprint density at radius 3 is 2.56 bits per heavy atom. The highest BCUT2D eigenvalue weighted by molar-refractivity contribution is 9.12. The molecule has 0 unspecified atom stereocenters. The number of fused-ring (bicyclic) bond motifs is 1. The van der Waals surface area contributed by atoms with Gasteiger partial charge >= 0.3 is 5.97 Å². The zero-order valence-electron chi connectivity index (χ0n) is 23.0. The molecule has 1 aromatic carbocycles. The van der Waals surface area contributed by atoms with Crippen LogP contribution in [-0.4, -0.2) is 56.5 Å². The van der Waals surface area contributed by atoms with Crippen molar-refractivity contribution in [3.05, 3.63) is 76.7 Å². The zero-order chi connectivity index (χ0) is 28.7. The molecule has 2 aliphatic rings. The van der Waals surface area contributed by atoms with Gasteiger partial charge in [0.1, 0.15) is 17.3 Å². The molecule has 1 saturated carbocycles. The van der Waals surface area contributed by atoms with E-state index in [1.165, 1.54) is 0 Å². The number of imidazole rings is 1. The lowest BCUT2D eigenvalue weighted by Gasteiger charge is -2.46. The average molecular weight is 616 g/mol. The number of allylic oxidation sites excluding steroid dienone is 2. The number of aliphatic carboxylic acids is 1. The van der Waals surface area contributed by atoms with Crippen molar-refractivity contribution in [1.82, 2.24) is 24.8 Å². The first-order valence-electron chi connectivity index (χ1n) is 13.8. The summed E-state index contributed by atoms with van der Waals surface area (Å²) in [4.78, 5) is 41.1. The summed E-state index contributed by atoms with van der Waals surface area (Å²) in [5, 5.41) is 13.3. The Morgan fingerprint density at radius 1 is 1.10 bits per heavy atom. The van der Waals surface area contributed by atoms with Gasteiger partial charge in [0.15, 0.2) is 17.3 Å². The van der Waals surface area contributed by atoms with Crippen LogP contribution >= 0.6 is 15.9 Å². The van der Waals surface area contributed by atoms with Crippen LogP contribution < -0.4 is 10.2 Å². The fourth-order valence-corrected chi connectivity index (χ4v) is 6.83. The van der Waals surface area contributed by atoms with Gasteiger partial charge < -0.3 is 15.3 Å². The molecule has 41 heavy (non-hydrogen) atoms. The van der Waals surface area contributed by atoms with E-state index < -0.39 is 17.4 Å². The normalized spacial score (nSPS) is 17.0. The topological polar surface area (TPSA) is 113 Å². The number of Topliss-reactive ketones (excluding diaryl/α,β-unsaturated/α-hetero) is 1. The van der Waals surface area contributed by atoms with Crippen molar-refractivity contribution in [3.8, 4) is 17.2 Å². The fourth-order valence-electron chi connectivity index (χ4n) is 5.96. The van der Waals surface area contributed by atoms with E-state index in [2.05, 4.69) is 31.2 Å². The number of ketones is 1. The van der Waals surface area contributed by atoms with Crippen LogP contribution in [0.3, 0.4) is 0 Å². The largest absolute Gasteiger partial charge is 0.480 e. The van der Waals surface area contributed by atoms with Gasteiger partial charge in [-0.25, -0.2) is 14.8 Å². The molecule has 9 nitrogen and oxygen atoms in total. The van der Waals surface area contributed by atoms with Crippen LogP contribution in [0.25, 0.3) is 28.4 Å². The first kappa shape index (κ1) is 27.1. The first-order chi connectivity index (χ1) is 19.8. The average Bonchev–Trinajstić information content (AvgIpc) is 3.39. The van der Waals surface area contributed by atoms with Crippen molar-refractivity contribution in [2.75, 3.05) is 19.0 Å². The van der Waals surface area contributed by atoms with Crippen molar-refractivity contribution < 1.29 is 14.7 Å². The predicted molar refractivity (Wildman–Crippen MR) is 161 cm³/mol. The fraction of sp³-hybridized carbons (Fsp3) is 0.323. The smallest absolute Gasteiger partial charge is 0.326 e. The van der Waals surface area contributed by atoms with Crippen LogP contribution in [0.2, 0.25) is 0 Å². The molecule has 3 heterocycles. The number of nitrogens with one attached hydrogen (secondary N) is 1. The predicted octanol–water partition coefficient (Wildman–Crippen LogP) is 5.27. The Balaban J connectivity index is 1.30. The highest BCUT2D eigenvalue weighted by Crippen LogP contribution is 2.53. The van der Waals surface area contributed by atoms with Crippen LogP contribution in [0.5, 0.6) is 0 Å². The minimum atomic E-state index is -0.953. The highest BCUT2D eigenvalue weighted by Gasteiger charge is 2.53. The Labute approximate surface area is 246 Å². The number of carboxylic acid groups (broad SMARTS) is 1. The first-order valence-corrected chi connectivity index (χ1v) is 14.6. The van der Waals surface area contributed by atoms with Gasteiger partial charge in [-0.3, -0.25) is 14.3 Å². The second-order valence-corrected chi connectivity index (χ2v) is 11.8. The second kappa shape index (κ2) is 10.7. The molecule has 0 bridgehead atoms. The van der Waals surface area contributed by atoms with E-state index in [0.29, 0.717) is 16.0 Å². The number of benzene rings is 1. The summed E-state index contributed by atoms with van der Waals surface area (Å²) in [5.41, 5.74) is 5.09. The highest BCUT2D eigenvalue weighted by atomic mass is 79.9. The van der Waals surface area contributed by atoms with Gasteiger partial charge in [0.05, 0.1) is 9.90 Å². The number of carbonyl (C=O) groups is 2. The minimum Gasteiger partial charge on any atom is -0.480 e. The monoisotopic (exact) mass is 614 g/mol. The van der Waals surface area contributed by atoms with E-state index in [1.54, 1.807) is 12.4 Å². The molecule has 2 aliphatic carbocycles. The number of halogens is 1. The summed E-state index contributed by atoms with van der Waals surface area (Å²) in [6.07, 6.45) is 8.38. The Kier molecular flexibility index (Phi) is 7.11. The van der Waals surface area contributed by atoms with E-state index in [0.717, 1.165) is 66.0 Å². The van der Waals surface area contributed by atoms with Crippen LogP contribution in [0.4, 0.5) is 5.69 Å². The Morgan fingerprint density at radius 2 is 1.85 bits per heavy atom.